The third-order valence-corrected chi connectivity index (χ3v) is 8.09. The lowest BCUT2D eigenvalue weighted by Gasteiger charge is -2.40. The molecule has 6 nitrogen and oxygen atoms in total. The number of alkyl carbamates (subject to hydrolysis) is 1. The first-order valence-electron chi connectivity index (χ1n) is 13.4. The van der Waals surface area contributed by atoms with Gasteiger partial charge in [-0.3, -0.25) is 0 Å². The van der Waals surface area contributed by atoms with Crippen LogP contribution in [0.3, 0.4) is 0 Å². The number of amides is 1. The molecule has 194 valence electrons. The zero-order chi connectivity index (χ0) is 26.0. The average molecular weight is 508 g/mol. The van der Waals surface area contributed by atoms with Crippen molar-refractivity contribution in [1.82, 2.24) is 15.2 Å². The Labute approximate surface area is 223 Å². The summed E-state index contributed by atoms with van der Waals surface area (Å²) in [6.07, 6.45) is 1.42. The molecular weight excluding hydrogens is 474 g/mol. The standard InChI is InChI=1S/C32H33N3O3/c1-23-32(38-31(36)33-23)17-19-35(20-18-32)21-29(24-7-3-2-4-8-24)25-12-15-28(16-13-25)37-22-27-14-11-26-9-5-6-10-30(26)34-27/h2-16,23,29H,17-22H2,1H3,(H,33,36)/t23-,29+/m1/s1. The summed E-state index contributed by atoms with van der Waals surface area (Å²) in [6.45, 7) is 5.20. The molecule has 3 aromatic carbocycles. The normalized spacial score (nSPS) is 19.7. The van der Waals surface area contributed by atoms with Crippen molar-refractivity contribution in [2.45, 2.75) is 43.9 Å². The molecule has 1 amide bonds. The molecule has 2 saturated heterocycles. The molecule has 0 aliphatic carbocycles. The number of nitrogens with zero attached hydrogens (tertiary/aromatic N) is 2. The van der Waals surface area contributed by atoms with Gasteiger partial charge >= 0.3 is 6.09 Å². The van der Waals surface area contributed by atoms with Gasteiger partial charge in [0.2, 0.25) is 0 Å². The molecule has 1 spiro atoms. The Balaban J connectivity index is 1.13. The number of aromatic nitrogens is 1. The summed E-state index contributed by atoms with van der Waals surface area (Å²) in [4.78, 5) is 19.0. The highest BCUT2D eigenvalue weighted by Gasteiger charge is 2.48. The highest BCUT2D eigenvalue weighted by molar-refractivity contribution is 5.78. The van der Waals surface area contributed by atoms with Crippen molar-refractivity contribution in [1.29, 1.82) is 0 Å². The van der Waals surface area contributed by atoms with Gasteiger partial charge in [0.25, 0.3) is 0 Å². The van der Waals surface area contributed by atoms with Crippen LogP contribution in [-0.2, 0) is 11.3 Å². The summed E-state index contributed by atoms with van der Waals surface area (Å²) in [5.41, 5.74) is 4.08. The lowest BCUT2D eigenvalue weighted by atomic mass is 9.84. The van der Waals surface area contributed by atoms with Crippen LogP contribution >= 0.6 is 0 Å². The molecule has 1 aromatic heterocycles. The fraction of sp³-hybridized carbons (Fsp3) is 0.312. The first kappa shape index (κ1) is 24.4. The van der Waals surface area contributed by atoms with Gasteiger partial charge in [0, 0.05) is 43.8 Å². The van der Waals surface area contributed by atoms with E-state index in [1.165, 1.54) is 11.1 Å². The number of fused-ring (bicyclic) bond motifs is 1. The minimum absolute atomic E-state index is 0.0550. The number of piperidine rings is 1. The molecule has 6 heteroatoms. The van der Waals surface area contributed by atoms with E-state index in [0.29, 0.717) is 6.61 Å². The third-order valence-electron chi connectivity index (χ3n) is 8.09. The average Bonchev–Trinajstić information content (AvgIpc) is 3.24. The van der Waals surface area contributed by atoms with Gasteiger partial charge in [-0.25, -0.2) is 9.78 Å². The number of hydrogen-bond donors (Lipinski definition) is 1. The molecule has 38 heavy (non-hydrogen) atoms. The van der Waals surface area contributed by atoms with Crippen molar-refractivity contribution in [3.63, 3.8) is 0 Å². The second-order valence-electron chi connectivity index (χ2n) is 10.4. The number of carbonyl (C=O) groups is 1. The number of pyridine rings is 1. The Hall–Kier alpha value is -3.90. The maximum absolute atomic E-state index is 11.8. The van der Waals surface area contributed by atoms with Crippen molar-refractivity contribution < 1.29 is 14.3 Å². The van der Waals surface area contributed by atoms with Gasteiger partial charge in [-0.1, -0.05) is 66.7 Å². The Morgan fingerprint density at radius 1 is 0.947 bits per heavy atom. The summed E-state index contributed by atoms with van der Waals surface area (Å²) in [6, 6.07) is 31.4. The van der Waals surface area contributed by atoms with Gasteiger partial charge < -0.3 is 19.7 Å². The summed E-state index contributed by atoms with van der Waals surface area (Å²) < 4.78 is 11.8. The van der Waals surface area contributed by atoms with Crippen molar-refractivity contribution in [3.05, 3.63) is 108 Å². The fourth-order valence-electron chi connectivity index (χ4n) is 5.75. The van der Waals surface area contributed by atoms with Gasteiger partial charge in [-0.15, -0.1) is 0 Å². The van der Waals surface area contributed by atoms with Crippen molar-refractivity contribution in [2.75, 3.05) is 19.6 Å². The van der Waals surface area contributed by atoms with Gasteiger partial charge in [0.15, 0.2) is 0 Å². The van der Waals surface area contributed by atoms with E-state index >= 15 is 0 Å². The van der Waals surface area contributed by atoms with Gasteiger partial charge in [-0.2, -0.15) is 0 Å². The van der Waals surface area contributed by atoms with Crippen LogP contribution in [0.1, 0.15) is 42.5 Å². The number of para-hydroxylation sites is 1. The number of likely N-dealkylation sites (tertiary alicyclic amines) is 1. The summed E-state index contributed by atoms with van der Waals surface area (Å²) >= 11 is 0. The lowest BCUT2D eigenvalue weighted by molar-refractivity contribution is -0.0159. The Kier molecular flexibility index (Phi) is 6.73. The molecule has 2 fully saturated rings. The van der Waals surface area contributed by atoms with Gasteiger partial charge in [0.1, 0.15) is 18.0 Å². The number of ether oxygens (including phenoxy) is 2. The number of nitrogens with one attached hydrogen (secondary N) is 1. The number of carbonyl (C=O) groups excluding carboxylic acids is 1. The highest BCUT2D eigenvalue weighted by Crippen LogP contribution is 2.35. The van der Waals surface area contributed by atoms with Crippen LogP contribution in [-0.4, -0.2) is 47.3 Å². The molecule has 4 aromatic rings. The van der Waals surface area contributed by atoms with Crippen LogP contribution in [0, 0.1) is 0 Å². The summed E-state index contributed by atoms with van der Waals surface area (Å²) in [5.74, 6) is 1.07. The zero-order valence-corrected chi connectivity index (χ0v) is 21.7. The Bertz CT molecular complexity index is 1400. The zero-order valence-electron chi connectivity index (χ0n) is 21.7. The van der Waals surface area contributed by atoms with E-state index in [0.717, 1.165) is 54.8 Å². The maximum atomic E-state index is 11.8. The van der Waals surface area contributed by atoms with Gasteiger partial charge in [-0.05, 0) is 42.3 Å². The van der Waals surface area contributed by atoms with Crippen LogP contribution < -0.4 is 10.1 Å². The van der Waals surface area contributed by atoms with Crippen molar-refractivity contribution in [2.24, 2.45) is 0 Å². The van der Waals surface area contributed by atoms with Crippen LogP contribution in [0.2, 0.25) is 0 Å². The Morgan fingerprint density at radius 3 is 2.39 bits per heavy atom. The van der Waals surface area contributed by atoms with E-state index < -0.39 is 0 Å². The first-order chi connectivity index (χ1) is 18.6. The maximum Gasteiger partial charge on any atom is 0.408 e. The molecule has 3 heterocycles. The molecule has 1 N–H and O–H groups in total. The molecule has 0 radical (unpaired) electrons. The quantitative estimate of drug-likeness (QED) is 0.337. The van der Waals surface area contributed by atoms with Crippen molar-refractivity contribution >= 4 is 17.0 Å². The summed E-state index contributed by atoms with van der Waals surface area (Å²) in [5, 5.41) is 4.05. The number of benzene rings is 3. The molecule has 2 aliphatic rings. The van der Waals surface area contributed by atoms with Crippen LogP contribution in [0.15, 0.2) is 91.0 Å². The second-order valence-corrected chi connectivity index (χ2v) is 10.4. The Morgan fingerprint density at radius 2 is 1.66 bits per heavy atom. The van der Waals surface area contributed by atoms with E-state index in [1.807, 2.05) is 31.2 Å². The van der Waals surface area contributed by atoms with Gasteiger partial charge in [0.05, 0.1) is 17.3 Å². The molecule has 0 unspecified atom stereocenters. The predicted octanol–water partition coefficient (Wildman–Crippen LogP) is 5.91. The van der Waals surface area contributed by atoms with Crippen LogP contribution in [0.25, 0.3) is 10.9 Å². The van der Waals surface area contributed by atoms with Crippen molar-refractivity contribution in [3.8, 4) is 5.75 Å². The van der Waals surface area contributed by atoms with E-state index in [2.05, 4.69) is 76.9 Å². The molecule has 6 rings (SSSR count). The van der Waals surface area contributed by atoms with Crippen LogP contribution in [0.4, 0.5) is 4.79 Å². The molecule has 2 atom stereocenters. The van der Waals surface area contributed by atoms with E-state index in [1.54, 1.807) is 0 Å². The molecule has 0 saturated carbocycles. The molecule has 2 aliphatic heterocycles. The van der Waals surface area contributed by atoms with E-state index in [9.17, 15) is 4.79 Å². The first-order valence-corrected chi connectivity index (χ1v) is 13.4. The summed E-state index contributed by atoms with van der Waals surface area (Å²) in [7, 11) is 0. The van der Waals surface area contributed by atoms with Crippen LogP contribution in [0.5, 0.6) is 5.75 Å². The van der Waals surface area contributed by atoms with E-state index in [-0.39, 0.29) is 23.7 Å². The lowest BCUT2D eigenvalue weighted by Crippen LogP contribution is -2.51. The molecule has 0 bridgehead atoms. The second kappa shape index (κ2) is 10.5. The highest BCUT2D eigenvalue weighted by atomic mass is 16.6. The molecular formula is C32H33N3O3. The topological polar surface area (TPSA) is 63.7 Å². The fourth-order valence-corrected chi connectivity index (χ4v) is 5.75. The smallest absolute Gasteiger partial charge is 0.408 e. The van der Waals surface area contributed by atoms with E-state index in [4.69, 9.17) is 14.5 Å². The minimum Gasteiger partial charge on any atom is -0.487 e. The number of hydrogen-bond acceptors (Lipinski definition) is 5. The monoisotopic (exact) mass is 507 g/mol. The largest absolute Gasteiger partial charge is 0.487 e. The third kappa shape index (κ3) is 5.09. The predicted molar refractivity (Wildman–Crippen MR) is 148 cm³/mol. The SMILES string of the molecule is C[C@H]1NC(=O)OC12CCN(C[C@@H](c1ccccc1)c1ccc(OCc3ccc4ccccc4n3)cc1)CC2. The number of rotatable bonds is 7. The minimum atomic E-state index is -0.366.